The molecule has 1 aliphatic rings. The molecule has 0 saturated carbocycles. The predicted octanol–water partition coefficient (Wildman–Crippen LogP) is 3.77. The Balaban J connectivity index is 1.54. The van der Waals surface area contributed by atoms with Crippen molar-refractivity contribution in [1.82, 2.24) is 15.1 Å². The fraction of sp³-hybridized carbons (Fsp3) is 0.318. The number of benzene rings is 2. The van der Waals surface area contributed by atoms with Crippen molar-refractivity contribution in [3.63, 3.8) is 0 Å². The topological polar surface area (TPSA) is 50.1 Å². The normalized spacial score (nSPS) is 18.4. The summed E-state index contributed by atoms with van der Waals surface area (Å²) in [4.78, 5) is 0. The second-order valence-corrected chi connectivity index (χ2v) is 7.19. The number of piperidine rings is 1. The van der Waals surface area contributed by atoms with Crippen LogP contribution in [0.5, 0.6) is 0 Å². The highest BCUT2D eigenvalue weighted by Gasteiger charge is 2.22. The molecule has 1 aliphatic heterocycles. The van der Waals surface area contributed by atoms with Crippen LogP contribution < -0.4 is 5.32 Å². The minimum atomic E-state index is -0.483. The Morgan fingerprint density at radius 3 is 2.78 bits per heavy atom. The van der Waals surface area contributed by atoms with Crippen LogP contribution in [0.3, 0.4) is 0 Å². The molecule has 1 aromatic heterocycles. The summed E-state index contributed by atoms with van der Waals surface area (Å²) in [7, 11) is 0. The van der Waals surface area contributed by atoms with E-state index >= 15 is 0 Å². The number of nitrogens with zero attached hydrogens (tertiary/aromatic N) is 2. The molecular weight excluding hydrogens is 341 g/mol. The molecule has 1 fully saturated rings. The quantitative estimate of drug-likeness (QED) is 0.724. The summed E-state index contributed by atoms with van der Waals surface area (Å²) in [6.45, 7) is 2.47. The van der Waals surface area contributed by atoms with Gasteiger partial charge in [0.1, 0.15) is 5.82 Å². The molecule has 2 aromatic carbocycles. The van der Waals surface area contributed by atoms with Crippen LogP contribution in [-0.4, -0.2) is 28.0 Å². The van der Waals surface area contributed by atoms with Gasteiger partial charge in [-0.05, 0) is 54.3 Å². The first kappa shape index (κ1) is 17.9. The third kappa shape index (κ3) is 4.10. The molecule has 27 heavy (non-hydrogen) atoms. The fourth-order valence-corrected chi connectivity index (χ4v) is 3.75. The standard InChI is InChI=1S/C22H24FN3O/c23-21-9-4-16(15-26-12-2-11-25-26)13-20(21)17-5-7-18(8-6-17)22(27)19-3-1-10-24-14-19/h2,4-9,11-13,19,22,24,27H,1,3,10,14-15H2. The van der Waals surface area contributed by atoms with Crippen molar-refractivity contribution in [3.05, 3.63) is 77.9 Å². The van der Waals surface area contributed by atoms with Crippen LogP contribution in [0.25, 0.3) is 11.1 Å². The lowest BCUT2D eigenvalue weighted by atomic mass is 9.89. The van der Waals surface area contributed by atoms with Crippen molar-refractivity contribution in [2.75, 3.05) is 13.1 Å². The first-order valence-corrected chi connectivity index (χ1v) is 9.46. The highest BCUT2D eigenvalue weighted by molar-refractivity contribution is 5.65. The molecule has 0 radical (unpaired) electrons. The van der Waals surface area contributed by atoms with E-state index in [0.29, 0.717) is 12.1 Å². The number of nitrogens with one attached hydrogen (secondary N) is 1. The molecule has 2 heterocycles. The van der Waals surface area contributed by atoms with Gasteiger partial charge in [0, 0.05) is 30.4 Å². The van der Waals surface area contributed by atoms with Gasteiger partial charge in [-0.15, -0.1) is 0 Å². The average Bonchev–Trinajstić information content (AvgIpc) is 3.23. The van der Waals surface area contributed by atoms with Crippen LogP contribution >= 0.6 is 0 Å². The first-order chi connectivity index (χ1) is 13.2. The van der Waals surface area contributed by atoms with Crippen molar-refractivity contribution in [2.24, 2.45) is 5.92 Å². The van der Waals surface area contributed by atoms with Crippen molar-refractivity contribution in [2.45, 2.75) is 25.5 Å². The Hall–Kier alpha value is -2.50. The van der Waals surface area contributed by atoms with Crippen LogP contribution in [0.4, 0.5) is 4.39 Å². The zero-order valence-electron chi connectivity index (χ0n) is 15.2. The Bertz CT molecular complexity index is 871. The number of aromatic nitrogens is 2. The minimum Gasteiger partial charge on any atom is -0.388 e. The highest BCUT2D eigenvalue weighted by atomic mass is 19.1. The van der Waals surface area contributed by atoms with E-state index in [4.69, 9.17) is 0 Å². The molecular formula is C22H24FN3O. The van der Waals surface area contributed by atoms with E-state index in [1.165, 1.54) is 6.07 Å². The first-order valence-electron chi connectivity index (χ1n) is 9.46. The summed E-state index contributed by atoms with van der Waals surface area (Å²) < 4.78 is 16.2. The second-order valence-electron chi connectivity index (χ2n) is 7.19. The maximum Gasteiger partial charge on any atom is 0.131 e. The molecule has 5 heteroatoms. The molecule has 2 atom stereocenters. The van der Waals surface area contributed by atoms with Crippen molar-refractivity contribution >= 4 is 0 Å². The summed E-state index contributed by atoms with van der Waals surface area (Å²) in [5, 5.41) is 18.2. The van der Waals surface area contributed by atoms with E-state index < -0.39 is 6.10 Å². The lowest BCUT2D eigenvalue weighted by Crippen LogP contribution is -2.33. The van der Waals surface area contributed by atoms with Crippen LogP contribution in [-0.2, 0) is 6.54 Å². The summed E-state index contributed by atoms with van der Waals surface area (Å²) in [6, 6.07) is 14.6. The zero-order chi connectivity index (χ0) is 18.6. The van der Waals surface area contributed by atoms with E-state index in [1.54, 1.807) is 12.3 Å². The smallest absolute Gasteiger partial charge is 0.131 e. The van der Waals surface area contributed by atoms with Gasteiger partial charge in [-0.1, -0.05) is 30.3 Å². The zero-order valence-corrected chi connectivity index (χ0v) is 15.2. The SMILES string of the molecule is OC(c1ccc(-c2cc(Cn3cccn3)ccc2F)cc1)C1CCCNC1. The van der Waals surface area contributed by atoms with Crippen LogP contribution in [0.1, 0.15) is 30.1 Å². The van der Waals surface area contributed by atoms with Crippen molar-refractivity contribution in [3.8, 4) is 11.1 Å². The molecule has 0 spiro atoms. The highest BCUT2D eigenvalue weighted by Crippen LogP contribution is 2.30. The molecule has 140 valence electrons. The summed E-state index contributed by atoms with van der Waals surface area (Å²) in [5.41, 5.74) is 3.26. The summed E-state index contributed by atoms with van der Waals surface area (Å²) >= 11 is 0. The van der Waals surface area contributed by atoms with E-state index in [0.717, 1.165) is 42.6 Å². The van der Waals surface area contributed by atoms with Gasteiger partial charge in [-0.25, -0.2) is 4.39 Å². The molecule has 0 bridgehead atoms. The monoisotopic (exact) mass is 365 g/mol. The number of aliphatic hydroxyl groups excluding tert-OH is 1. The van der Waals surface area contributed by atoms with E-state index in [-0.39, 0.29) is 11.7 Å². The van der Waals surface area contributed by atoms with Crippen LogP contribution in [0, 0.1) is 11.7 Å². The molecule has 2 unspecified atom stereocenters. The largest absolute Gasteiger partial charge is 0.388 e. The Morgan fingerprint density at radius 1 is 1.22 bits per heavy atom. The third-order valence-electron chi connectivity index (χ3n) is 5.28. The molecule has 0 aliphatic carbocycles. The Morgan fingerprint density at radius 2 is 2.07 bits per heavy atom. The van der Waals surface area contributed by atoms with Gasteiger partial charge < -0.3 is 10.4 Å². The lowest BCUT2D eigenvalue weighted by Gasteiger charge is -2.27. The molecule has 4 nitrogen and oxygen atoms in total. The second kappa shape index (κ2) is 8.03. The number of hydrogen-bond donors (Lipinski definition) is 2. The fourth-order valence-electron chi connectivity index (χ4n) is 3.75. The van der Waals surface area contributed by atoms with E-state index in [2.05, 4.69) is 10.4 Å². The van der Waals surface area contributed by atoms with Gasteiger partial charge in [0.15, 0.2) is 0 Å². The average molecular weight is 365 g/mol. The molecule has 1 saturated heterocycles. The van der Waals surface area contributed by atoms with Gasteiger partial charge in [-0.2, -0.15) is 5.10 Å². The summed E-state index contributed by atoms with van der Waals surface area (Å²) in [6.07, 6.45) is 5.26. The van der Waals surface area contributed by atoms with Crippen molar-refractivity contribution < 1.29 is 9.50 Å². The maximum absolute atomic E-state index is 14.4. The maximum atomic E-state index is 14.4. The van der Waals surface area contributed by atoms with Gasteiger partial charge in [-0.3, -0.25) is 4.68 Å². The summed E-state index contributed by atoms with van der Waals surface area (Å²) in [5.74, 6) is -0.0114. The van der Waals surface area contributed by atoms with Crippen molar-refractivity contribution in [1.29, 1.82) is 0 Å². The van der Waals surface area contributed by atoms with E-state index in [1.807, 2.05) is 47.3 Å². The Labute approximate surface area is 158 Å². The number of aliphatic hydroxyl groups is 1. The third-order valence-corrected chi connectivity index (χ3v) is 5.28. The van der Waals surface area contributed by atoms with Gasteiger partial charge in [0.05, 0.1) is 12.6 Å². The van der Waals surface area contributed by atoms with Gasteiger partial charge in [0.2, 0.25) is 0 Å². The van der Waals surface area contributed by atoms with E-state index in [9.17, 15) is 9.50 Å². The van der Waals surface area contributed by atoms with Gasteiger partial charge in [0.25, 0.3) is 0 Å². The molecule has 0 amide bonds. The Kier molecular flexibility index (Phi) is 5.32. The lowest BCUT2D eigenvalue weighted by molar-refractivity contribution is 0.0922. The number of rotatable bonds is 5. The molecule has 4 rings (SSSR count). The molecule has 3 aromatic rings. The number of hydrogen-bond acceptors (Lipinski definition) is 3. The predicted molar refractivity (Wildman–Crippen MR) is 104 cm³/mol. The van der Waals surface area contributed by atoms with Crippen LogP contribution in [0.15, 0.2) is 60.9 Å². The number of halogens is 1. The van der Waals surface area contributed by atoms with Gasteiger partial charge >= 0.3 is 0 Å². The minimum absolute atomic E-state index is 0.235. The van der Waals surface area contributed by atoms with Crippen LogP contribution in [0.2, 0.25) is 0 Å². The molecule has 2 N–H and O–H groups in total.